The largest absolute Gasteiger partial charge is 0.497 e. The number of hydrogen-bond donors (Lipinski definition) is 1. The number of alkyl halides is 2. The van der Waals surface area contributed by atoms with E-state index in [1.54, 1.807) is 37.8 Å². The summed E-state index contributed by atoms with van der Waals surface area (Å²) in [6, 6.07) is 10.9. The molecule has 6 nitrogen and oxygen atoms in total. The monoisotopic (exact) mass is 406 g/mol. The molecule has 9 heteroatoms. The maximum Gasteiger partial charge on any atom is 0.387 e. The third-order valence-corrected chi connectivity index (χ3v) is 4.49. The Morgan fingerprint density at radius 1 is 1.11 bits per heavy atom. The smallest absolute Gasteiger partial charge is 0.387 e. The summed E-state index contributed by atoms with van der Waals surface area (Å²) in [7, 11) is 3.11. The first kappa shape index (κ1) is 19.6. The SMILES string of the molecule is COc1ccc(OC)c(-c2csc(NC(=O)c3cccc(OC(F)F)c3)n2)c1. The Kier molecular flexibility index (Phi) is 6.05. The number of carbonyl (C=O) groups excluding carboxylic acids is 1. The lowest BCUT2D eigenvalue weighted by atomic mass is 10.1. The predicted octanol–water partition coefficient (Wildman–Crippen LogP) is 4.68. The zero-order valence-corrected chi connectivity index (χ0v) is 15.8. The average molecular weight is 406 g/mol. The number of carbonyl (C=O) groups is 1. The van der Waals surface area contributed by atoms with E-state index in [4.69, 9.17) is 9.47 Å². The van der Waals surface area contributed by atoms with Crippen LogP contribution in [0.1, 0.15) is 10.4 Å². The van der Waals surface area contributed by atoms with E-state index in [-0.39, 0.29) is 11.3 Å². The van der Waals surface area contributed by atoms with Crippen LogP contribution in [0.15, 0.2) is 47.8 Å². The number of rotatable bonds is 7. The molecule has 0 bridgehead atoms. The number of hydrogen-bond acceptors (Lipinski definition) is 6. The van der Waals surface area contributed by atoms with Gasteiger partial charge in [0, 0.05) is 16.5 Å². The van der Waals surface area contributed by atoms with Crippen LogP contribution in [0.2, 0.25) is 0 Å². The van der Waals surface area contributed by atoms with Crippen LogP contribution in [0.5, 0.6) is 17.2 Å². The van der Waals surface area contributed by atoms with Gasteiger partial charge in [-0.25, -0.2) is 4.98 Å². The van der Waals surface area contributed by atoms with Crippen molar-refractivity contribution in [2.24, 2.45) is 0 Å². The molecule has 28 heavy (non-hydrogen) atoms. The van der Waals surface area contributed by atoms with Crippen LogP contribution in [-0.4, -0.2) is 31.7 Å². The summed E-state index contributed by atoms with van der Waals surface area (Å²) in [5, 5.41) is 4.77. The number of anilines is 1. The van der Waals surface area contributed by atoms with Crippen molar-refractivity contribution in [3.05, 3.63) is 53.4 Å². The highest BCUT2D eigenvalue weighted by Crippen LogP contribution is 2.35. The zero-order chi connectivity index (χ0) is 20.1. The maximum absolute atomic E-state index is 12.4. The van der Waals surface area contributed by atoms with E-state index in [0.29, 0.717) is 27.9 Å². The fourth-order valence-corrected chi connectivity index (χ4v) is 3.16. The van der Waals surface area contributed by atoms with Gasteiger partial charge < -0.3 is 14.2 Å². The minimum absolute atomic E-state index is 0.0939. The van der Waals surface area contributed by atoms with Crippen LogP contribution >= 0.6 is 11.3 Å². The van der Waals surface area contributed by atoms with Crippen LogP contribution in [0, 0.1) is 0 Å². The third kappa shape index (κ3) is 4.55. The number of nitrogens with zero attached hydrogens (tertiary/aromatic N) is 1. The number of methoxy groups -OCH3 is 2. The molecule has 0 atom stereocenters. The van der Waals surface area contributed by atoms with Gasteiger partial charge in [-0.15, -0.1) is 11.3 Å². The van der Waals surface area contributed by atoms with Crippen LogP contribution < -0.4 is 19.5 Å². The fraction of sp³-hybridized carbons (Fsp3) is 0.158. The fourth-order valence-electron chi connectivity index (χ4n) is 2.45. The first-order valence-corrected chi connectivity index (χ1v) is 8.92. The molecular weight excluding hydrogens is 390 g/mol. The molecular formula is C19H16F2N2O4S. The number of halogens is 2. The molecule has 3 rings (SSSR count). The predicted molar refractivity (Wildman–Crippen MR) is 102 cm³/mol. The van der Waals surface area contributed by atoms with E-state index >= 15 is 0 Å². The molecule has 2 aromatic carbocycles. The molecule has 0 spiro atoms. The average Bonchev–Trinajstić information content (AvgIpc) is 3.15. The Hall–Kier alpha value is -3.20. The molecule has 0 aliphatic carbocycles. The lowest BCUT2D eigenvalue weighted by Gasteiger charge is -2.08. The van der Waals surface area contributed by atoms with E-state index in [0.717, 1.165) is 0 Å². The van der Waals surface area contributed by atoms with E-state index in [9.17, 15) is 13.6 Å². The quantitative estimate of drug-likeness (QED) is 0.617. The van der Waals surface area contributed by atoms with Crippen molar-refractivity contribution < 1.29 is 27.8 Å². The molecule has 1 amide bonds. The van der Waals surface area contributed by atoms with Gasteiger partial charge in [0.05, 0.1) is 19.9 Å². The van der Waals surface area contributed by atoms with Gasteiger partial charge in [0.25, 0.3) is 5.91 Å². The van der Waals surface area contributed by atoms with Gasteiger partial charge in [-0.1, -0.05) is 6.07 Å². The summed E-state index contributed by atoms with van der Waals surface area (Å²) in [4.78, 5) is 16.8. The minimum Gasteiger partial charge on any atom is -0.497 e. The van der Waals surface area contributed by atoms with Gasteiger partial charge >= 0.3 is 6.61 Å². The highest BCUT2D eigenvalue weighted by molar-refractivity contribution is 7.14. The Morgan fingerprint density at radius 2 is 1.93 bits per heavy atom. The number of aromatic nitrogens is 1. The van der Waals surface area contributed by atoms with E-state index in [1.165, 1.54) is 35.6 Å². The first-order valence-electron chi connectivity index (χ1n) is 8.04. The van der Waals surface area contributed by atoms with Crippen molar-refractivity contribution in [1.82, 2.24) is 4.98 Å². The molecule has 0 unspecified atom stereocenters. The Balaban J connectivity index is 1.79. The van der Waals surface area contributed by atoms with Crippen molar-refractivity contribution in [3.8, 4) is 28.5 Å². The number of amides is 1. The normalized spacial score (nSPS) is 10.6. The highest BCUT2D eigenvalue weighted by atomic mass is 32.1. The van der Waals surface area contributed by atoms with E-state index in [2.05, 4.69) is 15.0 Å². The van der Waals surface area contributed by atoms with Crippen molar-refractivity contribution >= 4 is 22.4 Å². The van der Waals surface area contributed by atoms with Crippen molar-refractivity contribution in [3.63, 3.8) is 0 Å². The van der Waals surface area contributed by atoms with E-state index < -0.39 is 12.5 Å². The minimum atomic E-state index is -2.96. The number of ether oxygens (including phenoxy) is 3. The van der Waals surface area contributed by atoms with Crippen LogP contribution in [0.25, 0.3) is 11.3 Å². The Morgan fingerprint density at radius 3 is 2.64 bits per heavy atom. The maximum atomic E-state index is 12.4. The lowest BCUT2D eigenvalue weighted by molar-refractivity contribution is -0.0498. The van der Waals surface area contributed by atoms with Crippen LogP contribution in [0.4, 0.5) is 13.9 Å². The molecule has 0 aliphatic rings. The van der Waals surface area contributed by atoms with Gasteiger partial charge in [-0.05, 0) is 36.4 Å². The molecule has 1 aromatic heterocycles. The Bertz CT molecular complexity index is 978. The second-order valence-electron chi connectivity index (χ2n) is 5.46. The molecule has 0 aliphatic heterocycles. The molecule has 3 aromatic rings. The van der Waals surface area contributed by atoms with Crippen molar-refractivity contribution in [2.75, 3.05) is 19.5 Å². The molecule has 0 saturated carbocycles. The van der Waals surface area contributed by atoms with Gasteiger partial charge in [-0.2, -0.15) is 8.78 Å². The Labute approximate surface area is 163 Å². The number of nitrogens with one attached hydrogen (secondary N) is 1. The third-order valence-electron chi connectivity index (χ3n) is 3.73. The summed E-state index contributed by atoms with van der Waals surface area (Å²) in [5.74, 6) is 0.674. The zero-order valence-electron chi connectivity index (χ0n) is 14.9. The number of benzene rings is 2. The summed E-state index contributed by atoms with van der Waals surface area (Å²) in [6.45, 7) is -2.96. The molecule has 1 N–H and O–H groups in total. The summed E-state index contributed by atoms with van der Waals surface area (Å²) >= 11 is 1.22. The van der Waals surface area contributed by atoms with Gasteiger partial charge in [0.2, 0.25) is 0 Å². The standard InChI is InChI=1S/C19H16F2N2O4S/c1-25-12-6-7-16(26-2)14(9-12)15-10-28-19(22-15)23-17(24)11-4-3-5-13(8-11)27-18(20)21/h3-10,18H,1-2H3,(H,22,23,24). The second kappa shape index (κ2) is 8.66. The summed E-state index contributed by atoms with van der Waals surface area (Å²) in [5.41, 5.74) is 1.49. The highest BCUT2D eigenvalue weighted by Gasteiger charge is 2.15. The van der Waals surface area contributed by atoms with Gasteiger partial charge in [0.1, 0.15) is 17.2 Å². The lowest BCUT2D eigenvalue weighted by Crippen LogP contribution is -2.12. The molecule has 0 radical (unpaired) electrons. The summed E-state index contributed by atoms with van der Waals surface area (Å²) < 4.78 is 39.6. The van der Waals surface area contributed by atoms with Gasteiger partial charge in [0.15, 0.2) is 5.13 Å². The molecule has 0 saturated heterocycles. The topological polar surface area (TPSA) is 69.7 Å². The van der Waals surface area contributed by atoms with Crippen LogP contribution in [-0.2, 0) is 0 Å². The molecule has 1 heterocycles. The molecule has 0 fully saturated rings. The van der Waals surface area contributed by atoms with Crippen molar-refractivity contribution in [1.29, 1.82) is 0 Å². The second-order valence-corrected chi connectivity index (χ2v) is 6.32. The van der Waals surface area contributed by atoms with Gasteiger partial charge in [-0.3, -0.25) is 10.1 Å². The summed E-state index contributed by atoms with van der Waals surface area (Å²) in [6.07, 6.45) is 0. The first-order chi connectivity index (χ1) is 13.5. The number of thiazole rings is 1. The van der Waals surface area contributed by atoms with Crippen molar-refractivity contribution in [2.45, 2.75) is 6.61 Å². The molecule has 146 valence electrons. The van der Waals surface area contributed by atoms with E-state index in [1.807, 2.05) is 0 Å². The van der Waals surface area contributed by atoms with Crippen LogP contribution in [0.3, 0.4) is 0 Å².